The summed E-state index contributed by atoms with van der Waals surface area (Å²) in [7, 11) is 0. The molecule has 5 rings (SSSR count). The van der Waals surface area contributed by atoms with Crippen molar-refractivity contribution in [3.63, 3.8) is 0 Å². The summed E-state index contributed by atoms with van der Waals surface area (Å²) in [6, 6.07) is 13.4. The Morgan fingerprint density at radius 2 is 1.85 bits per heavy atom. The summed E-state index contributed by atoms with van der Waals surface area (Å²) < 4.78 is 40.5. The van der Waals surface area contributed by atoms with Crippen molar-refractivity contribution in [3.05, 3.63) is 78.4 Å². The lowest BCUT2D eigenvalue weighted by atomic mass is 10.1. The molecule has 0 saturated carbocycles. The molecule has 7 nitrogen and oxygen atoms in total. The van der Waals surface area contributed by atoms with Gasteiger partial charge in [-0.15, -0.1) is 0 Å². The SMILES string of the molecule is CCCOc1ccc(-c2cc(Cn3cnc4nc(-c5cccc(F)c5F)nc-4c3)on2)cc1. The third-order valence-corrected chi connectivity index (χ3v) is 5.00. The van der Waals surface area contributed by atoms with Crippen LogP contribution in [0.5, 0.6) is 5.75 Å². The van der Waals surface area contributed by atoms with Gasteiger partial charge in [0.1, 0.15) is 17.1 Å². The predicted octanol–water partition coefficient (Wildman–Crippen LogP) is 5.22. The molecule has 166 valence electrons. The van der Waals surface area contributed by atoms with Gasteiger partial charge in [-0.2, -0.15) is 0 Å². The quantitative estimate of drug-likeness (QED) is 0.341. The van der Waals surface area contributed by atoms with Crippen LogP contribution in [0.25, 0.3) is 34.2 Å². The highest BCUT2D eigenvalue weighted by Gasteiger charge is 2.19. The summed E-state index contributed by atoms with van der Waals surface area (Å²) in [5.74, 6) is -0.0755. The normalized spacial score (nSPS) is 11.2. The fourth-order valence-corrected chi connectivity index (χ4v) is 3.38. The molecule has 0 N–H and O–H groups in total. The smallest absolute Gasteiger partial charge is 0.183 e. The molecular weight excluding hydrogens is 428 g/mol. The van der Waals surface area contributed by atoms with E-state index in [0.29, 0.717) is 36.1 Å². The Bertz CT molecular complexity index is 1360. The number of aromatic nitrogens is 5. The zero-order valence-electron chi connectivity index (χ0n) is 17.7. The molecule has 33 heavy (non-hydrogen) atoms. The molecule has 0 amide bonds. The first kappa shape index (κ1) is 20.7. The van der Waals surface area contributed by atoms with Crippen LogP contribution in [-0.2, 0) is 6.54 Å². The van der Waals surface area contributed by atoms with E-state index in [4.69, 9.17) is 9.26 Å². The zero-order chi connectivity index (χ0) is 22.8. The van der Waals surface area contributed by atoms with E-state index in [0.717, 1.165) is 23.8 Å². The molecule has 2 aliphatic rings. The van der Waals surface area contributed by atoms with Crippen LogP contribution in [0, 0.1) is 11.6 Å². The number of nitrogens with zero attached hydrogens (tertiary/aromatic N) is 5. The Kier molecular flexibility index (Phi) is 5.52. The lowest BCUT2D eigenvalue weighted by Gasteiger charge is -2.04. The van der Waals surface area contributed by atoms with E-state index in [1.807, 2.05) is 30.3 Å². The second kappa shape index (κ2) is 8.78. The van der Waals surface area contributed by atoms with Gasteiger partial charge in [-0.05, 0) is 42.8 Å². The average Bonchev–Trinajstić information content (AvgIpc) is 3.47. The van der Waals surface area contributed by atoms with Crippen molar-refractivity contribution in [2.24, 2.45) is 0 Å². The van der Waals surface area contributed by atoms with E-state index < -0.39 is 11.6 Å². The van der Waals surface area contributed by atoms with Crippen LogP contribution in [0.1, 0.15) is 19.1 Å². The van der Waals surface area contributed by atoms with Gasteiger partial charge in [-0.3, -0.25) is 0 Å². The van der Waals surface area contributed by atoms with Gasteiger partial charge in [0.05, 0.1) is 25.0 Å². The largest absolute Gasteiger partial charge is 0.494 e. The summed E-state index contributed by atoms with van der Waals surface area (Å²) >= 11 is 0. The van der Waals surface area contributed by atoms with Gasteiger partial charge in [0.15, 0.2) is 29.0 Å². The monoisotopic (exact) mass is 447 g/mol. The molecule has 0 spiro atoms. The van der Waals surface area contributed by atoms with E-state index in [1.54, 1.807) is 17.1 Å². The number of benzene rings is 2. The minimum atomic E-state index is -0.986. The highest BCUT2D eigenvalue weighted by molar-refractivity contribution is 5.64. The van der Waals surface area contributed by atoms with Crippen LogP contribution in [0.2, 0.25) is 0 Å². The fourth-order valence-electron chi connectivity index (χ4n) is 3.38. The molecule has 2 aromatic carbocycles. The Hall–Kier alpha value is -4.14. The molecule has 0 atom stereocenters. The van der Waals surface area contributed by atoms with Gasteiger partial charge in [-0.25, -0.2) is 23.7 Å². The van der Waals surface area contributed by atoms with E-state index in [1.165, 1.54) is 12.1 Å². The average molecular weight is 447 g/mol. The Balaban J connectivity index is 1.34. The molecule has 3 heterocycles. The van der Waals surface area contributed by atoms with Crippen LogP contribution < -0.4 is 4.74 Å². The topological polar surface area (TPSA) is 78.9 Å². The van der Waals surface area contributed by atoms with Gasteiger partial charge >= 0.3 is 0 Å². The van der Waals surface area contributed by atoms with E-state index in [-0.39, 0.29) is 11.4 Å². The van der Waals surface area contributed by atoms with E-state index >= 15 is 0 Å². The highest BCUT2D eigenvalue weighted by atomic mass is 19.2. The van der Waals surface area contributed by atoms with Crippen molar-refractivity contribution >= 4 is 0 Å². The van der Waals surface area contributed by atoms with Crippen molar-refractivity contribution in [3.8, 4) is 39.9 Å². The van der Waals surface area contributed by atoms with Crippen molar-refractivity contribution < 1.29 is 18.0 Å². The Morgan fingerprint density at radius 1 is 1.00 bits per heavy atom. The number of ether oxygens (including phenoxy) is 1. The number of hydrogen-bond acceptors (Lipinski definition) is 6. The first-order valence-electron chi connectivity index (χ1n) is 10.4. The van der Waals surface area contributed by atoms with Gasteiger partial charge in [0.25, 0.3) is 0 Å². The fraction of sp³-hybridized carbons (Fsp3) is 0.167. The minimum Gasteiger partial charge on any atom is -0.494 e. The maximum absolute atomic E-state index is 14.1. The molecule has 3 aromatic rings. The Morgan fingerprint density at radius 3 is 2.67 bits per heavy atom. The van der Waals surface area contributed by atoms with Crippen LogP contribution in [0.15, 0.2) is 65.6 Å². The van der Waals surface area contributed by atoms with Gasteiger partial charge < -0.3 is 13.8 Å². The van der Waals surface area contributed by atoms with E-state index in [2.05, 4.69) is 27.0 Å². The number of halogens is 2. The van der Waals surface area contributed by atoms with Crippen molar-refractivity contribution in [2.75, 3.05) is 6.61 Å². The summed E-state index contributed by atoms with van der Waals surface area (Å²) in [6.07, 6.45) is 4.24. The van der Waals surface area contributed by atoms with Gasteiger partial charge in [-0.1, -0.05) is 18.1 Å². The lowest BCUT2D eigenvalue weighted by Crippen LogP contribution is -2.02. The predicted molar refractivity (Wildman–Crippen MR) is 117 cm³/mol. The van der Waals surface area contributed by atoms with Crippen molar-refractivity contribution in [2.45, 2.75) is 19.9 Å². The summed E-state index contributed by atoms with van der Waals surface area (Å²) in [5, 5.41) is 4.14. The highest BCUT2D eigenvalue weighted by Crippen LogP contribution is 2.27. The molecule has 0 aliphatic carbocycles. The standard InChI is InChI=1S/C24H19F2N5O2/c1-2-10-32-16-8-6-15(7-9-16)20-11-17(33-30-20)12-31-13-21-24(27-14-31)29-23(28-21)18-4-3-5-19(25)22(18)26/h3-9,11,13-14H,2,10,12H2,1H3. The zero-order valence-corrected chi connectivity index (χ0v) is 17.7. The van der Waals surface area contributed by atoms with Crippen LogP contribution in [0.4, 0.5) is 8.78 Å². The summed E-state index contributed by atoms with van der Waals surface area (Å²) in [4.78, 5) is 12.8. The third kappa shape index (κ3) is 4.30. The van der Waals surface area contributed by atoms with Crippen molar-refractivity contribution in [1.82, 2.24) is 24.7 Å². The molecule has 0 saturated heterocycles. The molecule has 0 fully saturated rings. The minimum absolute atomic E-state index is 0.00876. The number of hydrogen-bond donors (Lipinski definition) is 0. The number of imidazole rings is 1. The third-order valence-electron chi connectivity index (χ3n) is 5.00. The number of rotatable bonds is 7. The van der Waals surface area contributed by atoms with E-state index in [9.17, 15) is 8.78 Å². The summed E-state index contributed by atoms with van der Waals surface area (Å²) in [5.41, 5.74) is 2.07. The van der Waals surface area contributed by atoms with Gasteiger partial charge in [0.2, 0.25) is 0 Å². The molecule has 0 radical (unpaired) electrons. The maximum Gasteiger partial charge on any atom is 0.183 e. The van der Waals surface area contributed by atoms with Gasteiger partial charge in [0, 0.05) is 17.8 Å². The second-order valence-electron chi connectivity index (χ2n) is 7.45. The maximum atomic E-state index is 14.1. The first-order chi connectivity index (χ1) is 16.1. The molecule has 0 bridgehead atoms. The number of fused-ring (bicyclic) bond motifs is 1. The molecule has 2 aliphatic heterocycles. The van der Waals surface area contributed by atoms with Crippen LogP contribution in [-0.4, -0.2) is 31.3 Å². The molecule has 1 aromatic heterocycles. The van der Waals surface area contributed by atoms with Crippen molar-refractivity contribution in [1.29, 1.82) is 0 Å². The second-order valence-corrected chi connectivity index (χ2v) is 7.45. The molecule has 0 unspecified atom stereocenters. The molecular formula is C24H19F2N5O2. The molecule has 9 heteroatoms. The lowest BCUT2D eigenvalue weighted by molar-refractivity contribution is 0.317. The van der Waals surface area contributed by atoms with Crippen LogP contribution in [0.3, 0.4) is 0 Å². The van der Waals surface area contributed by atoms with Crippen LogP contribution >= 0.6 is 0 Å². The summed E-state index contributed by atoms with van der Waals surface area (Å²) in [6.45, 7) is 3.10. The first-order valence-corrected chi connectivity index (χ1v) is 10.4. The Labute approximate surface area is 188 Å².